The lowest BCUT2D eigenvalue weighted by atomic mass is 9.96. The van der Waals surface area contributed by atoms with E-state index in [-0.39, 0.29) is 24.0 Å². The molecule has 0 unspecified atom stereocenters. The van der Waals surface area contributed by atoms with E-state index in [9.17, 15) is 15.0 Å². The molecule has 29 heavy (non-hydrogen) atoms. The summed E-state index contributed by atoms with van der Waals surface area (Å²) in [4.78, 5) is 17.7. The lowest BCUT2D eigenvalue weighted by molar-refractivity contribution is 0.0932. The molecule has 1 aromatic heterocycles. The van der Waals surface area contributed by atoms with Crippen LogP contribution in [0.3, 0.4) is 0 Å². The fourth-order valence-corrected chi connectivity index (χ4v) is 4.15. The van der Waals surface area contributed by atoms with Crippen LogP contribution in [0.25, 0.3) is 0 Å². The molecule has 2 N–H and O–H groups in total. The highest BCUT2D eigenvalue weighted by Crippen LogP contribution is 2.34. The number of aryl methyl sites for hydroxylation is 1. The quantitative estimate of drug-likeness (QED) is 0.734. The van der Waals surface area contributed by atoms with Crippen molar-refractivity contribution in [2.75, 3.05) is 46.4 Å². The number of aromatic hydroxyl groups is 1. The van der Waals surface area contributed by atoms with Crippen molar-refractivity contribution in [2.45, 2.75) is 26.4 Å². The zero-order valence-corrected chi connectivity index (χ0v) is 17.5. The molecule has 1 aliphatic rings. The van der Waals surface area contributed by atoms with Crippen molar-refractivity contribution in [1.82, 2.24) is 14.4 Å². The molecule has 2 heterocycles. The van der Waals surface area contributed by atoms with Gasteiger partial charge in [-0.15, -0.1) is 0 Å². The van der Waals surface area contributed by atoms with Gasteiger partial charge in [0.05, 0.1) is 25.3 Å². The average Bonchev–Trinajstić information content (AvgIpc) is 2.72. The van der Waals surface area contributed by atoms with E-state index in [0.717, 1.165) is 43.2 Å². The van der Waals surface area contributed by atoms with Gasteiger partial charge in [-0.2, -0.15) is 0 Å². The molecule has 7 heteroatoms. The third kappa shape index (κ3) is 4.47. The Hall–Kier alpha value is -2.35. The van der Waals surface area contributed by atoms with Crippen LogP contribution in [0, 0.1) is 6.92 Å². The number of aromatic nitrogens is 1. The van der Waals surface area contributed by atoms with Crippen LogP contribution in [-0.2, 0) is 6.54 Å². The van der Waals surface area contributed by atoms with Gasteiger partial charge in [0.15, 0.2) is 0 Å². The van der Waals surface area contributed by atoms with Crippen LogP contribution >= 0.6 is 0 Å². The molecule has 1 fully saturated rings. The summed E-state index contributed by atoms with van der Waals surface area (Å²) < 4.78 is 6.98. The van der Waals surface area contributed by atoms with E-state index in [0.29, 0.717) is 18.7 Å². The number of aliphatic hydroxyl groups is 1. The largest absolute Gasteiger partial charge is 0.507 e. The fraction of sp³-hybridized carbons (Fsp3) is 0.500. The van der Waals surface area contributed by atoms with E-state index in [4.69, 9.17) is 4.74 Å². The third-order valence-corrected chi connectivity index (χ3v) is 5.73. The van der Waals surface area contributed by atoms with Gasteiger partial charge in [-0.3, -0.25) is 14.6 Å². The Morgan fingerprint density at radius 2 is 1.79 bits per heavy atom. The van der Waals surface area contributed by atoms with Crippen LogP contribution in [0.5, 0.6) is 11.5 Å². The van der Waals surface area contributed by atoms with Crippen molar-refractivity contribution in [3.05, 3.63) is 57.5 Å². The smallest absolute Gasteiger partial charge is 0.259 e. The molecule has 0 aliphatic carbocycles. The summed E-state index contributed by atoms with van der Waals surface area (Å²) in [7, 11) is 1.62. The van der Waals surface area contributed by atoms with Gasteiger partial charge in [-0.05, 0) is 37.6 Å². The number of rotatable bonds is 7. The predicted octanol–water partition coefficient (Wildman–Crippen LogP) is 1.59. The van der Waals surface area contributed by atoms with Crippen LogP contribution in [-0.4, -0.2) is 71.0 Å². The van der Waals surface area contributed by atoms with Gasteiger partial charge in [-0.25, -0.2) is 0 Å². The second-order valence-corrected chi connectivity index (χ2v) is 7.41. The lowest BCUT2D eigenvalue weighted by Crippen LogP contribution is -2.49. The number of hydrogen-bond acceptors (Lipinski definition) is 6. The third-order valence-electron chi connectivity index (χ3n) is 5.73. The summed E-state index contributed by atoms with van der Waals surface area (Å²) in [5, 5.41) is 20.0. The standard InChI is InChI=1S/C22H31N3O4/c1-4-25-16(2)15-19(27)20(22(25)28)21(17-5-7-18(29-3)8-6-17)24-11-9-23(10-12-24)13-14-26/h5-8,15,21,26-27H,4,9-14H2,1-3H3/t21-/m0/s1. The maximum atomic E-state index is 13.3. The summed E-state index contributed by atoms with van der Waals surface area (Å²) in [6.07, 6.45) is 0. The van der Waals surface area contributed by atoms with Gasteiger partial charge in [-0.1, -0.05) is 12.1 Å². The van der Waals surface area contributed by atoms with E-state index in [1.165, 1.54) is 0 Å². The molecule has 0 radical (unpaired) electrons. The zero-order valence-electron chi connectivity index (χ0n) is 17.5. The zero-order chi connectivity index (χ0) is 21.0. The highest BCUT2D eigenvalue weighted by molar-refractivity contribution is 5.42. The maximum absolute atomic E-state index is 13.3. The molecule has 1 aliphatic heterocycles. The Balaban J connectivity index is 2.06. The van der Waals surface area contributed by atoms with Crippen molar-refractivity contribution in [3.63, 3.8) is 0 Å². The summed E-state index contributed by atoms with van der Waals surface area (Å²) in [5.41, 5.74) is 1.96. The highest BCUT2D eigenvalue weighted by Gasteiger charge is 2.31. The minimum Gasteiger partial charge on any atom is -0.507 e. The first-order chi connectivity index (χ1) is 14.0. The molecular weight excluding hydrogens is 370 g/mol. The van der Waals surface area contributed by atoms with Gasteiger partial charge in [0.2, 0.25) is 0 Å². The molecule has 158 valence electrons. The summed E-state index contributed by atoms with van der Waals surface area (Å²) in [6.45, 7) is 8.23. The Kier molecular flexibility index (Phi) is 6.95. The molecule has 3 rings (SSSR count). The number of benzene rings is 1. The first kappa shape index (κ1) is 21.4. The SMILES string of the molecule is CCn1c(C)cc(O)c([C@H](c2ccc(OC)cc2)N2CCN(CCO)CC2)c1=O. The minimum atomic E-state index is -0.344. The Morgan fingerprint density at radius 1 is 1.14 bits per heavy atom. The molecule has 1 saturated heterocycles. The maximum Gasteiger partial charge on any atom is 0.259 e. The van der Waals surface area contributed by atoms with Gasteiger partial charge < -0.3 is 19.5 Å². The minimum absolute atomic E-state index is 0.0378. The van der Waals surface area contributed by atoms with Crippen molar-refractivity contribution < 1.29 is 14.9 Å². The number of methoxy groups -OCH3 is 1. The second kappa shape index (κ2) is 9.43. The molecule has 0 spiro atoms. The van der Waals surface area contributed by atoms with Crippen molar-refractivity contribution in [2.24, 2.45) is 0 Å². The van der Waals surface area contributed by atoms with Crippen LogP contribution in [0.2, 0.25) is 0 Å². The molecular formula is C22H31N3O4. The predicted molar refractivity (Wildman–Crippen MR) is 113 cm³/mol. The first-order valence-electron chi connectivity index (χ1n) is 10.1. The normalized spacial score (nSPS) is 16.7. The van der Waals surface area contributed by atoms with E-state index in [2.05, 4.69) is 9.80 Å². The van der Waals surface area contributed by atoms with E-state index in [1.54, 1.807) is 17.7 Å². The number of hydrogen-bond donors (Lipinski definition) is 2. The molecule has 0 amide bonds. The van der Waals surface area contributed by atoms with Gasteiger partial charge >= 0.3 is 0 Å². The van der Waals surface area contributed by atoms with Gasteiger partial charge in [0.25, 0.3) is 5.56 Å². The Bertz CT molecular complexity index is 871. The van der Waals surface area contributed by atoms with Gasteiger partial charge in [0, 0.05) is 45.0 Å². The number of ether oxygens (including phenoxy) is 1. The molecule has 1 atom stereocenters. The lowest BCUT2D eigenvalue weighted by Gasteiger charge is -2.39. The van der Waals surface area contributed by atoms with Crippen LogP contribution in [0.1, 0.15) is 29.8 Å². The number of nitrogens with zero attached hydrogens (tertiary/aromatic N) is 3. The van der Waals surface area contributed by atoms with Crippen LogP contribution in [0.4, 0.5) is 0 Å². The molecule has 0 saturated carbocycles. The monoisotopic (exact) mass is 401 g/mol. The summed E-state index contributed by atoms with van der Waals surface area (Å²) in [6, 6.07) is 9.01. The van der Waals surface area contributed by atoms with Crippen molar-refractivity contribution in [3.8, 4) is 11.5 Å². The Labute approximate surface area is 171 Å². The second-order valence-electron chi connectivity index (χ2n) is 7.41. The number of β-amino-alcohol motifs (C(OH)–C–C–N with tert-alkyl or cyclic N) is 1. The average molecular weight is 402 g/mol. The highest BCUT2D eigenvalue weighted by atomic mass is 16.5. The number of aliphatic hydroxyl groups excluding tert-OH is 1. The fourth-order valence-electron chi connectivity index (χ4n) is 4.15. The number of piperazine rings is 1. The topological polar surface area (TPSA) is 78.2 Å². The van der Waals surface area contributed by atoms with Crippen LogP contribution < -0.4 is 10.3 Å². The molecule has 7 nitrogen and oxygen atoms in total. The van der Waals surface area contributed by atoms with Crippen molar-refractivity contribution >= 4 is 0 Å². The van der Waals surface area contributed by atoms with Crippen molar-refractivity contribution in [1.29, 1.82) is 0 Å². The van der Waals surface area contributed by atoms with E-state index in [1.807, 2.05) is 38.1 Å². The summed E-state index contributed by atoms with van der Waals surface area (Å²) >= 11 is 0. The number of pyridine rings is 1. The van der Waals surface area contributed by atoms with E-state index >= 15 is 0 Å². The molecule has 1 aromatic carbocycles. The Morgan fingerprint density at radius 3 is 2.34 bits per heavy atom. The van der Waals surface area contributed by atoms with Crippen LogP contribution in [0.15, 0.2) is 35.1 Å². The van der Waals surface area contributed by atoms with E-state index < -0.39 is 0 Å². The molecule has 0 bridgehead atoms. The van der Waals surface area contributed by atoms with Gasteiger partial charge in [0.1, 0.15) is 11.5 Å². The summed E-state index contributed by atoms with van der Waals surface area (Å²) in [5.74, 6) is 0.787. The first-order valence-corrected chi connectivity index (χ1v) is 10.1. The molecule has 2 aromatic rings.